The zero-order valence-corrected chi connectivity index (χ0v) is 38.4. The Bertz CT molecular complexity index is 3500. The number of ether oxygens (including phenoxy) is 1. The lowest BCUT2D eigenvalue weighted by Gasteiger charge is -2.28. The summed E-state index contributed by atoms with van der Waals surface area (Å²) in [5.41, 5.74) is 18.2. The highest BCUT2D eigenvalue weighted by Crippen LogP contribution is 2.57. The van der Waals surface area contributed by atoms with Crippen LogP contribution in [0.4, 0.5) is 22.7 Å². The molecule has 0 fully saturated rings. The van der Waals surface area contributed by atoms with Crippen LogP contribution in [0.3, 0.4) is 0 Å². The molecule has 0 bridgehead atoms. The molecule has 326 valence electrons. The predicted molar refractivity (Wildman–Crippen MR) is 279 cm³/mol. The highest BCUT2D eigenvalue weighted by molar-refractivity contribution is 6.09. The fourth-order valence-corrected chi connectivity index (χ4v) is 10.8. The maximum absolute atomic E-state index is 6.86. The zero-order valence-electron chi connectivity index (χ0n) is 38.4. The number of para-hydroxylation sites is 3. The summed E-state index contributed by atoms with van der Waals surface area (Å²) in [6.07, 6.45) is 4.15. The van der Waals surface area contributed by atoms with Gasteiger partial charge in [-0.2, -0.15) is 0 Å². The van der Waals surface area contributed by atoms with Crippen LogP contribution in [0.15, 0.2) is 200 Å². The minimum absolute atomic E-state index is 0.127. The van der Waals surface area contributed by atoms with Gasteiger partial charge in [-0.25, -0.2) is 4.98 Å². The van der Waals surface area contributed by atoms with E-state index in [1.807, 2.05) is 0 Å². The topological polar surface area (TPSA) is 33.5 Å². The van der Waals surface area contributed by atoms with Crippen molar-refractivity contribution in [2.45, 2.75) is 46.0 Å². The maximum Gasteiger partial charge on any atom is 0.137 e. The minimum Gasteiger partial charge on any atom is -0.457 e. The van der Waals surface area contributed by atoms with Crippen molar-refractivity contribution in [2.24, 2.45) is 5.92 Å². The second-order valence-corrected chi connectivity index (χ2v) is 19.0. The van der Waals surface area contributed by atoms with Gasteiger partial charge in [-0.3, -0.25) is 4.57 Å². The van der Waals surface area contributed by atoms with Crippen LogP contribution in [0.2, 0.25) is 0 Å². The Labute approximate surface area is 393 Å². The van der Waals surface area contributed by atoms with Crippen molar-refractivity contribution in [3.8, 4) is 50.7 Å². The molecule has 0 spiro atoms. The van der Waals surface area contributed by atoms with Crippen molar-refractivity contribution >= 4 is 44.6 Å². The quantitative estimate of drug-likeness (QED) is 0.137. The first-order valence-corrected chi connectivity index (χ1v) is 23.6. The van der Waals surface area contributed by atoms with Gasteiger partial charge in [-0.1, -0.05) is 161 Å². The van der Waals surface area contributed by atoms with E-state index in [4.69, 9.17) is 9.72 Å². The first-order valence-electron chi connectivity index (χ1n) is 23.6. The van der Waals surface area contributed by atoms with Gasteiger partial charge in [0.25, 0.3) is 0 Å². The number of fused-ring (bicyclic) bond motifs is 7. The van der Waals surface area contributed by atoms with Gasteiger partial charge in [-0.15, -0.1) is 0 Å². The third-order valence-electron chi connectivity index (χ3n) is 14.1. The summed E-state index contributed by atoms with van der Waals surface area (Å²) in [6, 6.07) is 69.9. The Hall–Kier alpha value is -7.89. The number of benzene rings is 8. The Morgan fingerprint density at radius 3 is 2.01 bits per heavy atom. The van der Waals surface area contributed by atoms with Crippen LogP contribution in [-0.2, 0) is 11.8 Å². The summed E-state index contributed by atoms with van der Waals surface area (Å²) >= 11 is 0. The zero-order chi connectivity index (χ0) is 45.2. The van der Waals surface area contributed by atoms with Crippen LogP contribution in [-0.4, -0.2) is 16.2 Å². The fraction of sp³-hybridized carbons (Fsp3) is 0.145. The number of aromatic nitrogens is 2. The van der Waals surface area contributed by atoms with Crippen LogP contribution < -0.4 is 14.5 Å². The summed E-state index contributed by atoms with van der Waals surface area (Å²) in [5, 5.41) is 2.35. The SMILES string of the molecule is CC(C)CCc1cc(-n2c3ccccc3c3ccc(Oc4cccc(N5CN(c6c(-c7ccccc7)ccc7c6-c6ccccc6C7(C)C)c6ccccc65)c4)cc32)ncc1-c1ccccc1. The normalized spacial score (nSPS) is 13.6. The Kier molecular flexibility index (Phi) is 9.83. The van der Waals surface area contributed by atoms with Crippen molar-refractivity contribution in [2.75, 3.05) is 16.5 Å². The van der Waals surface area contributed by atoms with Crippen molar-refractivity contribution in [1.29, 1.82) is 0 Å². The summed E-state index contributed by atoms with van der Waals surface area (Å²) in [4.78, 5) is 10.1. The second-order valence-electron chi connectivity index (χ2n) is 19.0. The van der Waals surface area contributed by atoms with Crippen LogP contribution in [0.1, 0.15) is 50.8 Å². The molecular formula is C62H52N4O. The molecular weight excluding hydrogens is 817 g/mol. The summed E-state index contributed by atoms with van der Waals surface area (Å²) in [6.45, 7) is 9.96. The molecule has 0 radical (unpaired) electrons. The lowest BCUT2D eigenvalue weighted by Crippen LogP contribution is -2.25. The van der Waals surface area contributed by atoms with Crippen molar-refractivity contribution in [3.05, 3.63) is 217 Å². The summed E-state index contributed by atoms with van der Waals surface area (Å²) in [7, 11) is 0. The Balaban J connectivity index is 0.925. The van der Waals surface area contributed by atoms with Gasteiger partial charge in [0, 0.05) is 56.9 Å². The number of hydrogen-bond donors (Lipinski definition) is 0. The molecule has 0 saturated heterocycles. The molecule has 0 atom stereocenters. The molecule has 0 amide bonds. The molecule has 10 aromatic rings. The van der Waals surface area contributed by atoms with E-state index in [2.05, 4.69) is 242 Å². The first kappa shape index (κ1) is 40.6. The van der Waals surface area contributed by atoms with E-state index in [0.717, 1.165) is 58.0 Å². The monoisotopic (exact) mass is 868 g/mol. The number of rotatable bonds is 10. The molecule has 2 aliphatic rings. The standard InChI is InChI=1S/C62H52N4O/c1-41(2)30-31-44-36-59(63-39-52(44)43-20-9-6-10-21-43)66-55-27-14-12-24-49(55)50-33-32-47(38-58(50)66)67-46-23-17-22-45(37-46)64-40-65(57-29-16-15-28-56(57)64)61-48(42-18-7-5-8-19-42)34-35-54-60(61)51-25-11-13-26-53(51)62(54,3)4/h5-29,32-39,41H,30-31,40H2,1-4H3. The van der Waals surface area contributed by atoms with Crippen LogP contribution in [0.5, 0.6) is 11.5 Å². The van der Waals surface area contributed by atoms with Gasteiger partial charge >= 0.3 is 0 Å². The van der Waals surface area contributed by atoms with E-state index in [9.17, 15) is 0 Å². The van der Waals surface area contributed by atoms with Crippen LogP contribution in [0.25, 0.3) is 61.0 Å². The molecule has 2 aromatic heterocycles. The molecule has 0 N–H and O–H groups in total. The highest BCUT2D eigenvalue weighted by Gasteiger charge is 2.40. The van der Waals surface area contributed by atoms with Crippen molar-refractivity contribution < 1.29 is 4.74 Å². The molecule has 1 aliphatic heterocycles. The third-order valence-corrected chi connectivity index (χ3v) is 14.1. The predicted octanol–water partition coefficient (Wildman–Crippen LogP) is 16.4. The number of aryl methyl sites for hydroxylation is 1. The van der Waals surface area contributed by atoms with Crippen molar-refractivity contribution in [1.82, 2.24) is 9.55 Å². The lowest BCUT2D eigenvalue weighted by molar-refractivity contribution is 0.483. The smallest absolute Gasteiger partial charge is 0.137 e. The molecule has 0 unspecified atom stereocenters. The van der Waals surface area contributed by atoms with Gasteiger partial charge < -0.3 is 14.5 Å². The Morgan fingerprint density at radius 1 is 0.552 bits per heavy atom. The molecule has 1 aliphatic carbocycles. The molecule has 5 heteroatoms. The van der Waals surface area contributed by atoms with E-state index in [-0.39, 0.29) is 5.41 Å². The van der Waals surface area contributed by atoms with Crippen molar-refractivity contribution in [3.63, 3.8) is 0 Å². The maximum atomic E-state index is 6.86. The van der Waals surface area contributed by atoms with Crippen LogP contribution in [0, 0.1) is 5.92 Å². The largest absolute Gasteiger partial charge is 0.457 e. The average molecular weight is 869 g/mol. The van der Waals surface area contributed by atoms with Crippen LogP contribution >= 0.6 is 0 Å². The number of nitrogens with zero attached hydrogens (tertiary/aromatic N) is 4. The molecule has 8 aromatic carbocycles. The molecule has 3 heterocycles. The van der Waals surface area contributed by atoms with E-state index in [1.54, 1.807) is 0 Å². The number of pyridine rings is 1. The minimum atomic E-state index is -0.127. The van der Waals surface area contributed by atoms with Gasteiger partial charge in [0.1, 0.15) is 24.0 Å². The second kappa shape index (κ2) is 16.2. The molecule has 0 saturated carbocycles. The molecule has 12 rings (SSSR count). The lowest BCUT2D eigenvalue weighted by atomic mass is 9.82. The fourth-order valence-electron chi connectivity index (χ4n) is 10.8. The number of hydrogen-bond acceptors (Lipinski definition) is 4. The molecule has 5 nitrogen and oxygen atoms in total. The van der Waals surface area contributed by atoms with Gasteiger partial charge in [0.2, 0.25) is 0 Å². The van der Waals surface area contributed by atoms with E-state index >= 15 is 0 Å². The summed E-state index contributed by atoms with van der Waals surface area (Å²) < 4.78 is 9.17. The van der Waals surface area contributed by atoms with E-state index < -0.39 is 0 Å². The van der Waals surface area contributed by atoms with Gasteiger partial charge in [0.15, 0.2) is 0 Å². The summed E-state index contributed by atoms with van der Waals surface area (Å²) in [5.74, 6) is 3.05. The molecule has 67 heavy (non-hydrogen) atoms. The van der Waals surface area contributed by atoms with E-state index in [1.165, 1.54) is 66.8 Å². The third kappa shape index (κ3) is 6.88. The first-order chi connectivity index (χ1) is 32.8. The van der Waals surface area contributed by atoms with Gasteiger partial charge in [-0.05, 0) is 101 Å². The average Bonchev–Trinajstić information content (AvgIpc) is 3.99. The Morgan fingerprint density at radius 2 is 1.22 bits per heavy atom. The number of anilines is 4. The highest BCUT2D eigenvalue weighted by atomic mass is 16.5. The van der Waals surface area contributed by atoms with E-state index in [0.29, 0.717) is 12.6 Å². The van der Waals surface area contributed by atoms with Gasteiger partial charge in [0.05, 0.1) is 28.1 Å².